The Morgan fingerprint density at radius 2 is 2.07 bits per heavy atom. The number of nitrogens with two attached hydrogens (primary N) is 1. The fraction of sp³-hybridized carbons (Fsp3) is 0.667. The highest BCUT2D eigenvalue weighted by molar-refractivity contribution is 5.93. The number of carbonyl (C=O) groups excluding carboxylic acids is 2. The molecule has 1 aliphatic rings. The standard InChI is InChI=1S/C9H14N2O4/c1-9(2,8(10)15)11-4-5(7(13)14)3-6(11)12/h5H,3-4H2,1-2H3,(H2,10,15)(H,13,14)/t5-/m1/s1. The van der Waals surface area contributed by atoms with Crippen molar-refractivity contribution in [2.75, 3.05) is 6.54 Å². The van der Waals surface area contributed by atoms with Gasteiger partial charge in [-0.3, -0.25) is 14.4 Å². The van der Waals surface area contributed by atoms with Gasteiger partial charge in [0.2, 0.25) is 11.8 Å². The van der Waals surface area contributed by atoms with Gasteiger partial charge >= 0.3 is 5.97 Å². The van der Waals surface area contributed by atoms with Gasteiger partial charge < -0.3 is 15.7 Å². The van der Waals surface area contributed by atoms with Crippen LogP contribution in [0.3, 0.4) is 0 Å². The first-order chi connectivity index (χ1) is 6.76. The Bertz CT molecular complexity index is 324. The van der Waals surface area contributed by atoms with Gasteiger partial charge in [-0.1, -0.05) is 0 Å². The summed E-state index contributed by atoms with van der Waals surface area (Å²) in [6.45, 7) is 3.07. The number of aliphatic carboxylic acids is 1. The van der Waals surface area contributed by atoms with E-state index in [1.165, 1.54) is 18.7 Å². The van der Waals surface area contributed by atoms with Gasteiger partial charge in [-0.25, -0.2) is 0 Å². The monoisotopic (exact) mass is 214 g/mol. The number of rotatable bonds is 3. The Balaban J connectivity index is 2.86. The first kappa shape index (κ1) is 11.5. The van der Waals surface area contributed by atoms with Crippen molar-refractivity contribution in [1.82, 2.24) is 4.90 Å². The van der Waals surface area contributed by atoms with Crippen LogP contribution < -0.4 is 5.73 Å². The molecule has 0 radical (unpaired) electrons. The molecule has 2 amide bonds. The molecule has 0 unspecified atom stereocenters. The third-order valence-electron chi connectivity index (χ3n) is 2.75. The van der Waals surface area contributed by atoms with E-state index < -0.39 is 23.3 Å². The minimum Gasteiger partial charge on any atom is -0.481 e. The number of carboxylic acids is 1. The van der Waals surface area contributed by atoms with Gasteiger partial charge in [0, 0.05) is 13.0 Å². The van der Waals surface area contributed by atoms with Gasteiger partial charge in [0.15, 0.2) is 0 Å². The van der Waals surface area contributed by atoms with Crippen LogP contribution in [0.1, 0.15) is 20.3 Å². The Hall–Kier alpha value is -1.59. The quantitative estimate of drug-likeness (QED) is 0.641. The van der Waals surface area contributed by atoms with Crippen LogP contribution in [0.4, 0.5) is 0 Å². The Morgan fingerprint density at radius 3 is 2.40 bits per heavy atom. The summed E-state index contributed by atoms with van der Waals surface area (Å²) < 4.78 is 0. The average Bonchev–Trinajstić information content (AvgIpc) is 2.47. The summed E-state index contributed by atoms with van der Waals surface area (Å²) in [6, 6.07) is 0. The van der Waals surface area contributed by atoms with Crippen LogP contribution in [0, 0.1) is 5.92 Å². The number of likely N-dealkylation sites (tertiary alicyclic amines) is 1. The largest absolute Gasteiger partial charge is 0.481 e. The SMILES string of the molecule is CC(C)(C(N)=O)N1C[C@H](C(=O)O)CC1=O. The summed E-state index contributed by atoms with van der Waals surface area (Å²) in [5.74, 6) is -2.74. The van der Waals surface area contributed by atoms with Gasteiger partial charge in [0.25, 0.3) is 0 Å². The summed E-state index contributed by atoms with van der Waals surface area (Å²) in [6.07, 6.45) is -0.0634. The number of amides is 2. The van der Waals surface area contributed by atoms with Crippen molar-refractivity contribution in [3.05, 3.63) is 0 Å². The van der Waals surface area contributed by atoms with Crippen molar-refractivity contribution in [2.24, 2.45) is 11.7 Å². The molecule has 84 valence electrons. The second kappa shape index (κ2) is 3.52. The Labute approximate surface area is 87.0 Å². The maximum Gasteiger partial charge on any atom is 0.308 e. The highest BCUT2D eigenvalue weighted by Gasteiger charge is 2.44. The molecule has 6 heteroatoms. The predicted octanol–water partition coefficient (Wildman–Crippen LogP) is -0.817. The van der Waals surface area contributed by atoms with Crippen molar-refractivity contribution in [3.63, 3.8) is 0 Å². The minimum atomic E-state index is -1.12. The molecule has 0 aromatic heterocycles. The Morgan fingerprint density at radius 1 is 1.53 bits per heavy atom. The molecule has 1 atom stereocenters. The van der Waals surface area contributed by atoms with E-state index in [4.69, 9.17) is 10.8 Å². The second-order valence-electron chi connectivity index (χ2n) is 4.17. The van der Waals surface area contributed by atoms with Crippen LogP contribution in [-0.4, -0.2) is 39.9 Å². The summed E-state index contributed by atoms with van der Waals surface area (Å²) in [5, 5.41) is 8.76. The van der Waals surface area contributed by atoms with Crippen molar-refractivity contribution in [2.45, 2.75) is 25.8 Å². The third kappa shape index (κ3) is 1.93. The van der Waals surface area contributed by atoms with Crippen LogP contribution >= 0.6 is 0 Å². The molecule has 0 saturated carbocycles. The molecule has 0 spiro atoms. The van der Waals surface area contributed by atoms with Crippen molar-refractivity contribution in [3.8, 4) is 0 Å². The highest BCUT2D eigenvalue weighted by atomic mass is 16.4. The average molecular weight is 214 g/mol. The summed E-state index contributed by atoms with van der Waals surface area (Å²) >= 11 is 0. The minimum absolute atomic E-state index is 0.0457. The van der Waals surface area contributed by atoms with Crippen molar-refractivity contribution < 1.29 is 19.5 Å². The van der Waals surface area contributed by atoms with Gasteiger partial charge in [-0.2, -0.15) is 0 Å². The lowest BCUT2D eigenvalue weighted by atomic mass is 10.0. The van der Waals surface area contributed by atoms with E-state index in [1.54, 1.807) is 0 Å². The molecular weight excluding hydrogens is 200 g/mol. The van der Waals surface area contributed by atoms with Crippen LogP contribution in [0.5, 0.6) is 0 Å². The number of hydrogen-bond acceptors (Lipinski definition) is 3. The molecule has 15 heavy (non-hydrogen) atoms. The van der Waals surface area contributed by atoms with Gasteiger partial charge in [0.05, 0.1) is 5.92 Å². The first-order valence-electron chi connectivity index (χ1n) is 4.60. The van der Waals surface area contributed by atoms with Crippen LogP contribution in [0.15, 0.2) is 0 Å². The Kier molecular flexibility index (Phi) is 2.70. The number of primary amides is 1. The number of nitrogens with zero attached hydrogens (tertiary/aromatic N) is 1. The lowest BCUT2D eigenvalue weighted by molar-refractivity contribution is -0.142. The molecule has 1 saturated heterocycles. The number of carboxylic acid groups (broad SMARTS) is 1. The smallest absolute Gasteiger partial charge is 0.308 e. The molecule has 0 aliphatic carbocycles. The van der Waals surface area contributed by atoms with Gasteiger partial charge in [-0.05, 0) is 13.8 Å². The zero-order chi connectivity index (χ0) is 11.8. The van der Waals surface area contributed by atoms with Crippen molar-refractivity contribution in [1.29, 1.82) is 0 Å². The molecule has 1 heterocycles. The molecule has 1 rings (SSSR count). The first-order valence-corrected chi connectivity index (χ1v) is 4.60. The molecule has 0 aromatic carbocycles. The van der Waals surface area contributed by atoms with E-state index >= 15 is 0 Å². The van der Waals surface area contributed by atoms with E-state index in [2.05, 4.69) is 0 Å². The van der Waals surface area contributed by atoms with Gasteiger partial charge in [-0.15, -0.1) is 0 Å². The van der Waals surface area contributed by atoms with E-state index in [9.17, 15) is 14.4 Å². The fourth-order valence-electron chi connectivity index (χ4n) is 1.55. The molecule has 1 fully saturated rings. The fourth-order valence-corrected chi connectivity index (χ4v) is 1.55. The topological polar surface area (TPSA) is 101 Å². The predicted molar refractivity (Wildman–Crippen MR) is 50.7 cm³/mol. The maximum atomic E-state index is 11.5. The molecule has 3 N–H and O–H groups in total. The van der Waals surface area contributed by atoms with E-state index in [0.717, 1.165) is 0 Å². The zero-order valence-electron chi connectivity index (χ0n) is 8.69. The van der Waals surface area contributed by atoms with E-state index in [0.29, 0.717) is 0 Å². The third-order valence-corrected chi connectivity index (χ3v) is 2.75. The summed E-state index contributed by atoms with van der Waals surface area (Å²) in [4.78, 5) is 34.5. The highest BCUT2D eigenvalue weighted by Crippen LogP contribution is 2.25. The van der Waals surface area contributed by atoms with E-state index in [1.807, 2.05) is 0 Å². The van der Waals surface area contributed by atoms with Crippen LogP contribution in [0.2, 0.25) is 0 Å². The lowest BCUT2D eigenvalue weighted by Crippen LogP contribution is -2.54. The lowest BCUT2D eigenvalue weighted by Gasteiger charge is -2.32. The van der Waals surface area contributed by atoms with E-state index in [-0.39, 0.29) is 18.9 Å². The molecule has 0 aromatic rings. The van der Waals surface area contributed by atoms with Gasteiger partial charge in [0.1, 0.15) is 5.54 Å². The second-order valence-corrected chi connectivity index (χ2v) is 4.17. The van der Waals surface area contributed by atoms with Crippen LogP contribution in [-0.2, 0) is 14.4 Å². The summed E-state index contributed by atoms with van der Waals surface area (Å²) in [5.41, 5.74) is 4.03. The van der Waals surface area contributed by atoms with Crippen molar-refractivity contribution >= 4 is 17.8 Å². The maximum absolute atomic E-state index is 11.5. The van der Waals surface area contributed by atoms with Crippen LogP contribution in [0.25, 0.3) is 0 Å². The number of carbonyl (C=O) groups is 3. The molecular formula is C9H14N2O4. The molecule has 1 aliphatic heterocycles. The molecule has 0 bridgehead atoms. The molecule has 6 nitrogen and oxygen atoms in total. The number of hydrogen-bond donors (Lipinski definition) is 2. The zero-order valence-corrected chi connectivity index (χ0v) is 8.69. The normalized spacial score (nSPS) is 21.9. The summed E-state index contributed by atoms with van der Waals surface area (Å²) in [7, 11) is 0.